The van der Waals surface area contributed by atoms with Crippen LogP contribution in [0.25, 0.3) is 10.9 Å². The van der Waals surface area contributed by atoms with E-state index in [-0.39, 0.29) is 37.8 Å². The zero-order valence-corrected chi connectivity index (χ0v) is 34.5. The van der Waals surface area contributed by atoms with E-state index >= 15 is 0 Å². The number of pyridine rings is 1. The number of fused-ring (bicyclic) bond motifs is 7. The maximum atomic E-state index is 14.8. The molecule has 4 saturated carbocycles. The van der Waals surface area contributed by atoms with E-state index in [0.29, 0.717) is 48.2 Å². The topological polar surface area (TPSA) is 158 Å². The normalized spacial score (nSPS) is 32.9. The summed E-state index contributed by atoms with van der Waals surface area (Å²) < 4.78 is 74.3. The van der Waals surface area contributed by atoms with Crippen LogP contribution in [0.5, 0.6) is 11.6 Å². The number of aryl methyl sites for hydroxylation is 1. The molecule has 2 amide bonds. The summed E-state index contributed by atoms with van der Waals surface area (Å²) in [6.45, 7) is 5.48. The monoisotopic (exact) mass is 827 g/mol. The number of ether oxygens (including phenoxy) is 3. The number of ketones is 1. The first kappa shape index (κ1) is 40.9. The molecule has 2 aromatic rings. The number of carbonyl (C=O) groups is 4. The molecule has 15 heteroatoms. The molecule has 9 atom stereocenters. The van der Waals surface area contributed by atoms with Crippen molar-refractivity contribution in [3.05, 3.63) is 29.8 Å². The first-order valence-corrected chi connectivity index (χ1v) is 22.5. The molecular formula is C43H55F2N3O9S. The summed E-state index contributed by atoms with van der Waals surface area (Å²) in [6, 6.07) is 6.45. The molecule has 1 aromatic heterocycles. The van der Waals surface area contributed by atoms with Crippen LogP contribution in [0.15, 0.2) is 24.3 Å². The molecule has 316 valence electrons. The summed E-state index contributed by atoms with van der Waals surface area (Å²) in [7, 11) is -2.51. The summed E-state index contributed by atoms with van der Waals surface area (Å²) in [5, 5.41) is 0.128. The summed E-state index contributed by atoms with van der Waals surface area (Å²) in [5.74, 6) is -2.77. The van der Waals surface area contributed by atoms with Gasteiger partial charge in [0.1, 0.15) is 18.0 Å². The lowest BCUT2D eigenvalue weighted by atomic mass is 9.77. The number of methoxy groups -OCH3 is 1. The molecule has 3 heterocycles. The average Bonchev–Trinajstić information content (AvgIpc) is 4.10. The van der Waals surface area contributed by atoms with Gasteiger partial charge in [-0.3, -0.25) is 23.9 Å². The molecule has 12 nitrogen and oxygen atoms in total. The number of rotatable bonds is 8. The Morgan fingerprint density at radius 2 is 1.81 bits per heavy atom. The van der Waals surface area contributed by atoms with Gasteiger partial charge in [-0.25, -0.2) is 22.2 Å². The fraction of sp³-hybridized carbons (Fsp3) is 0.698. The van der Waals surface area contributed by atoms with E-state index in [4.69, 9.17) is 19.2 Å². The number of sulfonamides is 1. The zero-order valence-electron chi connectivity index (χ0n) is 33.7. The van der Waals surface area contributed by atoms with Crippen molar-refractivity contribution in [2.24, 2.45) is 40.4 Å². The summed E-state index contributed by atoms with van der Waals surface area (Å²) in [6.07, 6.45) is 1.93. The number of halogens is 2. The number of nitrogens with one attached hydrogen (secondary N) is 1. The van der Waals surface area contributed by atoms with Crippen LogP contribution in [0, 0.1) is 40.4 Å². The molecule has 1 saturated heterocycles. The second-order valence-electron chi connectivity index (χ2n) is 18.9. The largest absolute Gasteiger partial charge is 0.497 e. The van der Waals surface area contributed by atoms with Crippen LogP contribution in [0.2, 0.25) is 0 Å². The number of carbonyl (C=O) groups excluding carboxylic acids is 4. The third-order valence-corrected chi connectivity index (χ3v) is 15.7. The number of aromatic nitrogens is 1. The van der Waals surface area contributed by atoms with Crippen molar-refractivity contribution in [3.63, 3.8) is 0 Å². The highest BCUT2D eigenvalue weighted by Gasteiger charge is 2.66. The van der Waals surface area contributed by atoms with Crippen LogP contribution >= 0.6 is 0 Å². The molecule has 0 spiro atoms. The fourth-order valence-electron chi connectivity index (χ4n) is 10.1. The average molecular weight is 828 g/mol. The van der Waals surface area contributed by atoms with E-state index in [2.05, 4.69) is 0 Å². The van der Waals surface area contributed by atoms with Crippen molar-refractivity contribution in [1.82, 2.24) is 14.6 Å². The van der Waals surface area contributed by atoms with E-state index in [0.717, 1.165) is 49.5 Å². The maximum absolute atomic E-state index is 14.8. The third kappa shape index (κ3) is 8.17. The van der Waals surface area contributed by atoms with Gasteiger partial charge in [-0.1, -0.05) is 33.6 Å². The van der Waals surface area contributed by atoms with Gasteiger partial charge in [-0.05, 0) is 92.7 Å². The maximum Gasteiger partial charge on any atom is 0.306 e. The minimum absolute atomic E-state index is 0.0207. The molecule has 58 heavy (non-hydrogen) atoms. The van der Waals surface area contributed by atoms with Crippen molar-refractivity contribution in [2.75, 3.05) is 13.7 Å². The Balaban J connectivity index is 1.13. The number of alkyl halides is 2. The first-order valence-electron chi connectivity index (χ1n) is 21.0. The first-order chi connectivity index (χ1) is 27.5. The van der Waals surface area contributed by atoms with Gasteiger partial charge in [-0.2, -0.15) is 0 Å². The number of nitrogens with zero attached hydrogens (tertiary/aromatic N) is 2. The standard InChI is InChI=1S/C43H55F2N3O9S/c1-42(2,3)31-19-37(50)57-36-16-25-15-30(25)29(36)9-7-5-6-8-24-14-23-10-11-26(55-4)17-33(23)46-39(24)56-27-18-34(48(22-27)40(31)51)35(49)21-43(20-32(43)38(44)45)41(52)47-58(53,54)28-12-13-28/h10-11,14,17,25,27-32,34,36,38H,5-9,12-13,15-16,18-22H2,1-4H3,(H,47,52)/t25-,27+,29+,30-,31+,32-,34-,36+,43+/m0/s1. The second-order valence-corrected chi connectivity index (χ2v) is 20.9. The van der Waals surface area contributed by atoms with E-state index < -0.39 is 86.5 Å². The summed E-state index contributed by atoms with van der Waals surface area (Å²) in [5.41, 5.74) is -1.18. The Morgan fingerprint density at radius 3 is 2.50 bits per heavy atom. The lowest BCUT2D eigenvalue weighted by molar-refractivity contribution is -0.158. The van der Waals surface area contributed by atoms with Gasteiger partial charge < -0.3 is 19.1 Å². The Hall–Kier alpha value is -3.88. The number of hydrogen-bond acceptors (Lipinski definition) is 10. The van der Waals surface area contributed by atoms with Crippen molar-refractivity contribution < 1.29 is 50.6 Å². The molecule has 4 aliphatic carbocycles. The van der Waals surface area contributed by atoms with Crippen LogP contribution in [0.3, 0.4) is 0 Å². The summed E-state index contributed by atoms with van der Waals surface area (Å²) in [4.78, 5) is 62.9. The number of amides is 2. The smallest absolute Gasteiger partial charge is 0.306 e. The van der Waals surface area contributed by atoms with E-state index in [1.807, 2.05) is 43.7 Å². The van der Waals surface area contributed by atoms with E-state index in [9.17, 15) is 36.4 Å². The van der Waals surface area contributed by atoms with Gasteiger partial charge in [0.2, 0.25) is 34.1 Å². The predicted molar refractivity (Wildman–Crippen MR) is 208 cm³/mol. The number of esters is 1. The van der Waals surface area contributed by atoms with Crippen molar-refractivity contribution in [2.45, 2.75) is 134 Å². The van der Waals surface area contributed by atoms with E-state index in [1.165, 1.54) is 4.90 Å². The van der Waals surface area contributed by atoms with Crippen molar-refractivity contribution >= 4 is 44.5 Å². The summed E-state index contributed by atoms with van der Waals surface area (Å²) >= 11 is 0. The molecular weight excluding hydrogens is 773 g/mol. The van der Waals surface area contributed by atoms with Gasteiger partial charge >= 0.3 is 5.97 Å². The van der Waals surface area contributed by atoms with Gasteiger partial charge in [0, 0.05) is 35.8 Å². The van der Waals surface area contributed by atoms with Crippen LogP contribution < -0.4 is 14.2 Å². The molecule has 1 N–H and O–H groups in total. The van der Waals surface area contributed by atoms with Crippen LogP contribution in [-0.2, 0) is 40.4 Å². The molecule has 0 radical (unpaired) electrons. The highest BCUT2D eigenvalue weighted by Crippen LogP contribution is 2.60. The van der Waals surface area contributed by atoms with Crippen molar-refractivity contribution in [3.8, 4) is 11.6 Å². The van der Waals surface area contributed by atoms with Gasteiger partial charge in [0.25, 0.3) is 0 Å². The van der Waals surface area contributed by atoms with Crippen LogP contribution in [0.4, 0.5) is 8.78 Å². The molecule has 2 bridgehead atoms. The van der Waals surface area contributed by atoms with Crippen LogP contribution in [0.1, 0.15) is 103 Å². The minimum atomic E-state index is -4.08. The quantitative estimate of drug-likeness (QED) is 0.306. The SMILES string of the molecule is COc1ccc2cc3c(nc2c1)O[C@@H]1C[C@@H](C(=O)C[C@]2(C(=O)NS(=O)(=O)C4CC4)C[C@H]2C(F)F)N(C1)C(=O)[C@H](C(C)(C)C)CC(=O)O[C@@H]1C[C@@H]2C[C@@H]2[C@H]1CCCCC3. The van der Waals surface area contributed by atoms with Gasteiger partial charge in [0.15, 0.2) is 5.78 Å². The molecule has 6 aliphatic rings. The third-order valence-electron chi connectivity index (χ3n) is 13.9. The van der Waals surface area contributed by atoms with Crippen LogP contribution in [-0.4, -0.2) is 85.4 Å². The zero-order chi connectivity index (χ0) is 41.3. The van der Waals surface area contributed by atoms with Gasteiger partial charge in [0.05, 0.1) is 48.2 Å². The van der Waals surface area contributed by atoms with Gasteiger partial charge in [-0.15, -0.1) is 0 Å². The van der Waals surface area contributed by atoms with Crippen molar-refractivity contribution in [1.29, 1.82) is 0 Å². The Morgan fingerprint density at radius 1 is 1.03 bits per heavy atom. The lowest BCUT2D eigenvalue weighted by Crippen LogP contribution is -2.49. The fourth-order valence-corrected chi connectivity index (χ4v) is 11.5. The Labute approximate surface area is 338 Å². The Bertz CT molecular complexity index is 2090. The molecule has 0 unspecified atom stereocenters. The Kier molecular flexibility index (Phi) is 10.8. The predicted octanol–water partition coefficient (Wildman–Crippen LogP) is 6.17. The molecule has 2 aliphatic heterocycles. The molecule has 8 rings (SSSR count). The highest BCUT2D eigenvalue weighted by molar-refractivity contribution is 7.90. The molecule has 1 aromatic carbocycles. The number of Topliss-reactive ketones (excluding diaryl/α,β-unsaturated/α-hetero) is 1. The van der Waals surface area contributed by atoms with E-state index in [1.54, 1.807) is 13.2 Å². The lowest BCUT2D eigenvalue weighted by Gasteiger charge is -2.35. The highest BCUT2D eigenvalue weighted by atomic mass is 32.2. The second kappa shape index (κ2) is 15.3. The number of hydrogen-bond donors (Lipinski definition) is 1. The minimum Gasteiger partial charge on any atom is -0.497 e. The number of benzene rings is 1. The molecule has 5 fully saturated rings.